The summed E-state index contributed by atoms with van der Waals surface area (Å²) in [6, 6.07) is -0.856. The van der Waals surface area contributed by atoms with Crippen LogP contribution in [0.2, 0.25) is 0 Å². The molecule has 0 rings (SSSR count). The third kappa shape index (κ3) is 9.83. The molecule has 0 aliphatic carbocycles. The highest BCUT2D eigenvalue weighted by atomic mass is 16.4. The Morgan fingerprint density at radius 2 is 2.05 bits per heavy atom. The Balaban J connectivity index is 3.59. The quantitative estimate of drug-likeness (QED) is 0.171. The zero-order valence-corrected chi connectivity index (χ0v) is 11.1. The van der Waals surface area contributed by atoms with Crippen LogP contribution in [0.3, 0.4) is 0 Å². The standard InChI is InChI=1S/C11H20N6O3/c12-7-16-17-9(14)4-5-10(18)15-6-2-1-3-8(13)11(19)20/h7-8,12,14H,1-6,13H2,(H,15,18)(H,19,20). The van der Waals surface area contributed by atoms with E-state index < -0.39 is 12.0 Å². The number of carbonyl (C=O) groups excluding carboxylic acids is 1. The first kappa shape index (κ1) is 17.8. The van der Waals surface area contributed by atoms with Gasteiger partial charge in [0.1, 0.15) is 18.2 Å². The lowest BCUT2D eigenvalue weighted by Crippen LogP contribution is -2.30. The molecule has 1 unspecified atom stereocenters. The maximum absolute atomic E-state index is 11.4. The lowest BCUT2D eigenvalue weighted by molar-refractivity contribution is -0.138. The molecular formula is C11H20N6O3. The van der Waals surface area contributed by atoms with Gasteiger partial charge in [0.05, 0.1) is 0 Å². The van der Waals surface area contributed by atoms with E-state index in [0.29, 0.717) is 25.8 Å². The number of azo groups is 1. The first-order chi connectivity index (χ1) is 9.47. The molecule has 0 spiro atoms. The Hall–Kier alpha value is -2.16. The van der Waals surface area contributed by atoms with Crippen LogP contribution in [0.5, 0.6) is 0 Å². The first-order valence-electron chi connectivity index (χ1n) is 6.19. The molecule has 0 fully saturated rings. The zero-order chi connectivity index (χ0) is 15.4. The number of nitrogens with two attached hydrogens (primary N) is 1. The second-order valence-electron chi connectivity index (χ2n) is 4.08. The summed E-state index contributed by atoms with van der Waals surface area (Å²) in [5, 5.41) is 31.7. The highest BCUT2D eigenvalue weighted by Gasteiger charge is 2.10. The number of unbranched alkanes of at least 4 members (excludes halogenated alkanes) is 1. The van der Waals surface area contributed by atoms with Gasteiger partial charge in [0, 0.05) is 19.4 Å². The first-order valence-corrected chi connectivity index (χ1v) is 6.19. The molecule has 0 radical (unpaired) electrons. The Kier molecular flexibility index (Phi) is 9.57. The molecule has 0 aliphatic heterocycles. The molecule has 20 heavy (non-hydrogen) atoms. The van der Waals surface area contributed by atoms with Crippen molar-refractivity contribution < 1.29 is 14.7 Å². The number of carboxylic acids is 1. The smallest absolute Gasteiger partial charge is 0.320 e. The number of amidine groups is 1. The van der Waals surface area contributed by atoms with Gasteiger partial charge in [-0.15, -0.1) is 10.2 Å². The van der Waals surface area contributed by atoms with E-state index >= 15 is 0 Å². The minimum atomic E-state index is -1.02. The van der Waals surface area contributed by atoms with E-state index in [9.17, 15) is 9.59 Å². The monoisotopic (exact) mass is 284 g/mol. The summed E-state index contributed by atoms with van der Waals surface area (Å²) in [7, 11) is 0. The van der Waals surface area contributed by atoms with Crippen molar-refractivity contribution in [2.75, 3.05) is 6.54 Å². The van der Waals surface area contributed by atoms with Gasteiger partial charge in [0.25, 0.3) is 0 Å². The Morgan fingerprint density at radius 1 is 1.35 bits per heavy atom. The van der Waals surface area contributed by atoms with Crippen LogP contribution in [0.15, 0.2) is 10.2 Å². The fourth-order valence-corrected chi connectivity index (χ4v) is 1.31. The lowest BCUT2D eigenvalue weighted by Gasteiger charge is -2.07. The summed E-state index contributed by atoms with van der Waals surface area (Å²) in [6.45, 7) is 0.445. The average Bonchev–Trinajstić information content (AvgIpc) is 2.41. The van der Waals surface area contributed by atoms with E-state index in [4.69, 9.17) is 21.7 Å². The van der Waals surface area contributed by atoms with Crippen LogP contribution in [0, 0.1) is 10.8 Å². The number of rotatable bonds is 10. The molecule has 9 heteroatoms. The maximum atomic E-state index is 11.4. The summed E-state index contributed by atoms with van der Waals surface area (Å²) in [6.07, 6.45) is 2.66. The van der Waals surface area contributed by atoms with Gasteiger partial charge in [-0.3, -0.25) is 20.4 Å². The minimum Gasteiger partial charge on any atom is -0.480 e. The van der Waals surface area contributed by atoms with Crippen LogP contribution in [-0.2, 0) is 9.59 Å². The molecule has 0 aromatic carbocycles. The van der Waals surface area contributed by atoms with Crippen molar-refractivity contribution in [2.45, 2.75) is 38.1 Å². The molecule has 0 aliphatic rings. The van der Waals surface area contributed by atoms with E-state index in [1.54, 1.807) is 0 Å². The van der Waals surface area contributed by atoms with Crippen molar-refractivity contribution in [3.8, 4) is 0 Å². The molecule has 0 aromatic heterocycles. The van der Waals surface area contributed by atoms with Crippen molar-refractivity contribution in [2.24, 2.45) is 16.0 Å². The lowest BCUT2D eigenvalue weighted by atomic mass is 10.1. The molecule has 1 atom stereocenters. The normalized spacial score (nSPS) is 12.1. The fraction of sp³-hybridized carbons (Fsp3) is 0.636. The number of nitrogens with zero attached hydrogens (tertiary/aromatic N) is 2. The van der Waals surface area contributed by atoms with Crippen LogP contribution < -0.4 is 11.1 Å². The van der Waals surface area contributed by atoms with Crippen molar-refractivity contribution in [3.63, 3.8) is 0 Å². The maximum Gasteiger partial charge on any atom is 0.320 e. The summed E-state index contributed by atoms with van der Waals surface area (Å²) in [4.78, 5) is 21.8. The van der Waals surface area contributed by atoms with E-state index in [-0.39, 0.29) is 24.6 Å². The molecule has 0 heterocycles. The number of hydrogen-bond acceptors (Lipinski definition) is 5. The van der Waals surface area contributed by atoms with Crippen molar-refractivity contribution in [1.29, 1.82) is 10.8 Å². The largest absolute Gasteiger partial charge is 0.480 e. The summed E-state index contributed by atoms with van der Waals surface area (Å²) >= 11 is 0. The van der Waals surface area contributed by atoms with Gasteiger partial charge in [-0.05, 0) is 19.3 Å². The predicted molar refractivity (Wildman–Crippen MR) is 73.1 cm³/mol. The van der Waals surface area contributed by atoms with Crippen LogP contribution >= 0.6 is 0 Å². The van der Waals surface area contributed by atoms with Gasteiger partial charge in [0.15, 0.2) is 0 Å². The van der Waals surface area contributed by atoms with Crippen LogP contribution in [-0.4, -0.2) is 41.7 Å². The molecule has 112 valence electrons. The van der Waals surface area contributed by atoms with Gasteiger partial charge < -0.3 is 16.2 Å². The molecule has 0 saturated carbocycles. The van der Waals surface area contributed by atoms with Crippen LogP contribution in [0.4, 0.5) is 0 Å². The highest BCUT2D eigenvalue weighted by Crippen LogP contribution is 1.99. The van der Waals surface area contributed by atoms with E-state index in [1.807, 2.05) is 0 Å². The number of carbonyl (C=O) groups is 2. The van der Waals surface area contributed by atoms with Gasteiger partial charge in [-0.2, -0.15) is 0 Å². The van der Waals surface area contributed by atoms with E-state index in [2.05, 4.69) is 15.5 Å². The average molecular weight is 284 g/mol. The Bertz CT molecular complexity index is 382. The molecule has 6 N–H and O–H groups in total. The number of carboxylic acid groups (broad SMARTS) is 1. The molecule has 1 amide bonds. The van der Waals surface area contributed by atoms with E-state index in [1.165, 1.54) is 0 Å². The number of amides is 1. The molecular weight excluding hydrogens is 264 g/mol. The van der Waals surface area contributed by atoms with Gasteiger partial charge >= 0.3 is 5.97 Å². The van der Waals surface area contributed by atoms with E-state index in [0.717, 1.165) is 6.34 Å². The van der Waals surface area contributed by atoms with Gasteiger partial charge in [-0.1, -0.05) is 0 Å². The fourth-order valence-electron chi connectivity index (χ4n) is 1.31. The van der Waals surface area contributed by atoms with Crippen molar-refractivity contribution >= 4 is 24.1 Å². The molecule has 9 nitrogen and oxygen atoms in total. The second kappa shape index (κ2) is 10.7. The molecule has 0 saturated heterocycles. The second-order valence-corrected chi connectivity index (χ2v) is 4.08. The van der Waals surface area contributed by atoms with Crippen molar-refractivity contribution in [1.82, 2.24) is 5.32 Å². The van der Waals surface area contributed by atoms with Crippen LogP contribution in [0.25, 0.3) is 0 Å². The highest BCUT2D eigenvalue weighted by molar-refractivity contribution is 5.85. The summed E-state index contributed by atoms with van der Waals surface area (Å²) in [5.74, 6) is -1.29. The topological polar surface area (TPSA) is 165 Å². The predicted octanol–water partition coefficient (Wildman–Crippen LogP) is 0.502. The van der Waals surface area contributed by atoms with Gasteiger partial charge in [-0.25, -0.2) is 0 Å². The number of hydrogen-bond donors (Lipinski definition) is 5. The number of nitrogens with one attached hydrogen (secondary N) is 3. The van der Waals surface area contributed by atoms with Crippen molar-refractivity contribution in [3.05, 3.63) is 0 Å². The summed E-state index contributed by atoms with van der Waals surface area (Å²) < 4.78 is 0. The molecule has 0 bridgehead atoms. The van der Waals surface area contributed by atoms with Crippen LogP contribution in [0.1, 0.15) is 32.1 Å². The zero-order valence-electron chi connectivity index (χ0n) is 11.1. The SMILES string of the molecule is N=CN=NC(=N)CCC(=O)NCCCCC(N)C(=O)O. The summed E-state index contributed by atoms with van der Waals surface area (Å²) in [5.41, 5.74) is 5.33. The third-order valence-corrected chi connectivity index (χ3v) is 2.41. The molecule has 0 aromatic rings. The minimum absolute atomic E-state index is 0.0592. The Morgan fingerprint density at radius 3 is 2.65 bits per heavy atom. The third-order valence-electron chi connectivity index (χ3n) is 2.41. The number of aliphatic carboxylic acids is 1. The van der Waals surface area contributed by atoms with Gasteiger partial charge in [0.2, 0.25) is 5.91 Å². The Labute approximate surface area is 116 Å².